The standard InChI is InChI=1S/C14H23N3O3S/c1-10(2)7-19-8-13-20-12(9-21-13)17-6-5-11(16(3)4)15-14(17)18/h5-6,10,12-13H,7-9H2,1-4H3/t12-,13?/m0/s1. The largest absolute Gasteiger partial charge is 0.378 e. The van der Waals surface area contributed by atoms with Crippen LogP contribution in [0.15, 0.2) is 17.1 Å². The van der Waals surface area contributed by atoms with Gasteiger partial charge in [0, 0.05) is 32.7 Å². The van der Waals surface area contributed by atoms with Crippen LogP contribution in [0, 0.1) is 5.92 Å². The Hall–Kier alpha value is -1.05. The minimum atomic E-state index is -0.282. The molecule has 0 N–H and O–H groups in total. The van der Waals surface area contributed by atoms with Crippen LogP contribution in [0.3, 0.4) is 0 Å². The molecule has 0 amide bonds. The van der Waals surface area contributed by atoms with Gasteiger partial charge in [-0.2, -0.15) is 4.98 Å². The van der Waals surface area contributed by atoms with E-state index in [0.717, 1.165) is 12.4 Å². The van der Waals surface area contributed by atoms with Gasteiger partial charge in [0.1, 0.15) is 17.5 Å². The molecule has 7 heteroatoms. The van der Waals surface area contributed by atoms with E-state index in [1.54, 1.807) is 27.4 Å². The Kier molecular flexibility index (Phi) is 5.66. The molecule has 6 nitrogen and oxygen atoms in total. The van der Waals surface area contributed by atoms with Crippen molar-refractivity contribution in [3.63, 3.8) is 0 Å². The first-order chi connectivity index (χ1) is 9.97. The lowest BCUT2D eigenvalue weighted by Crippen LogP contribution is -2.30. The van der Waals surface area contributed by atoms with Crippen molar-refractivity contribution < 1.29 is 9.47 Å². The van der Waals surface area contributed by atoms with Gasteiger partial charge in [0.2, 0.25) is 0 Å². The van der Waals surface area contributed by atoms with Crippen molar-refractivity contribution in [3.05, 3.63) is 22.7 Å². The fraction of sp³-hybridized carbons (Fsp3) is 0.714. The molecule has 2 rings (SSSR count). The second-order valence-corrected chi connectivity index (χ2v) is 6.85. The van der Waals surface area contributed by atoms with Gasteiger partial charge in [-0.05, 0) is 12.0 Å². The number of ether oxygens (including phenoxy) is 2. The third-order valence-electron chi connectivity index (χ3n) is 3.02. The maximum atomic E-state index is 12.0. The first kappa shape index (κ1) is 16.3. The average molecular weight is 313 g/mol. The normalized spacial score (nSPS) is 22.0. The van der Waals surface area contributed by atoms with Gasteiger partial charge in [0.15, 0.2) is 0 Å². The summed E-state index contributed by atoms with van der Waals surface area (Å²) >= 11 is 1.67. The fourth-order valence-corrected chi connectivity index (χ4v) is 2.97. The number of hydrogen-bond acceptors (Lipinski definition) is 6. The number of hydrogen-bond donors (Lipinski definition) is 0. The number of aromatic nitrogens is 2. The summed E-state index contributed by atoms with van der Waals surface area (Å²) in [6, 6.07) is 1.82. The smallest absolute Gasteiger partial charge is 0.351 e. The Labute approximate surface area is 129 Å². The summed E-state index contributed by atoms with van der Waals surface area (Å²) in [6.45, 7) is 5.51. The van der Waals surface area contributed by atoms with Crippen LogP contribution in [0.4, 0.5) is 5.82 Å². The zero-order valence-electron chi connectivity index (χ0n) is 13.0. The lowest BCUT2D eigenvalue weighted by atomic mass is 10.2. The Morgan fingerprint density at radius 1 is 1.57 bits per heavy atom. The Balaban J connectivity index is 1.93. The highest BCUT2D eigenvalue weighted by Crippen LogP contribution is 2.31. The summed E-state index contributed by atoms with van der Waals surface area (Å²) in [7, 11) is 3.71. The van der Waals surface area contributed by atoms with E-state index in [2.05, 4.69) is 18.8 Å². The molecular formula is C14H23N3O3S. The van der Waals surface area contributed by atoms with Crippen molar-refractivity contribution in [2.45, 2.75) is 25.5 Å². The number of anilines is 1. The minimum Gasteiger partial charge on any atom is -0.378 e. The number of nitrogens with zero attached hydrogens (tertiary/aromatic N) is 3. The lowest BCUT2D eigenvalue weighted by Gasteiger charge is -2.17. The van der Waals surface area contributed by atoms with Crippen molar-refractivity contribution in [2.75, 3.05) is 38.0 Å². The predicted octanol–water partition coefficient (Wildman–Crippen LogP) is 1.57. The van der Waals surface area contributed by atoms with Gasteiger partial charge in [0.25, 0.3) is 0 Å². The number of rotatable bonds is 6. The zero-order chi connectivity index (χ0) is 15.4. The van der Waals surface area contributed by atoms with E-state index >= 15 is 0 Å². The lowest BCUT2D eigenvalue weighted by molar-refractivity contribution is -0.0286. The second kappa shape index (κ2) is 7.29. The summed E-state index contributed by atoms with van der Waals surface area (Å²) in [6.07, 6.45) is 1.48. The molecule has 2 atom stereocenters. The third kappa shape index (κ3) is 4.46. The van der Waals surface area contributed by atoms with E-state index in [9.17, 15) is 4.79 Å². The minimum absolute atomic E-state index is 0.0193. The Morgan fingerprint density at radius 2 is 2.33 bits per heavy atom. The van der Waals surface area contributed by atoms with Gasteiger partial charge in [-0.3, -0.25) is 4.57 Å². The van der Waals surface area contributed by atoms with Gasteiger partial charge in [-0.25, -0.2) is 4.79 Å². The molecule has 1 aromatic heterocycles. The van der Waals surface area contributed by atoms with Crippen LogP contribution in [-0.2, 0) is 9.47 Å². The van der Waals surface area contributed by atoms with E-state index in [1.807, 2.05) is 20.2 Å². The van der Waals surface area contributed by atoms with Crippen molar-refractivity contribution in [2.24, 2.45) is 5.92 Å². The summed E-state index contributed by atoms with van der Waals surface area (Å²) in [5.41, 5.74) is -0.301. The molecule has 0 aromatic carbocycles. The summed E-state index contributed by atoms with van der Waals surface area (Å²) in [5.74, 6) is 1.90. The van der Waals surface area contributed by atoms with Gasteiger partial charge in [-0.15, -0.1) is 11.8 Å². The summed E-state index contributed by atoms with van der Waals surface area (Å²) in [4.78, 5) is 17.9. The Morgan fingerprint density at radius 3 is 2.95 bits per heavy atom. The third-order valence-corrected chi connectivity index (χ3v) is 4.12. The monoisotopic (exact) mass is 313 g/mol. The van der Waals surface area contributed by atoms with Gasteiger partial charge < -0.3 is 14.4 Å². The predicted molar refractivity (Wildman–Crippen MR) is 84.8 cm³/mol. The van der Waals surface area contributed by atoms with Gasteiger partial charge in [0.05, 0.1) is 6.61 Å². The number of thioether (sulfide) groups is 1. The van der Waals surface area contributed by atoms with Crippen LogP contribution in [0.1, 0.15) is 20.1 Å². The first-order valence-corrected chi connectivity index (χ1v) is 8.13. The zero-order valence-corrected chi connectivity index (χ0v) is 13.8. The fourth-order valence-electron chi connectivity index (χ4n) is 1.95. The molecule has 1 saturated heterocycles. The molecule has 0 spiro atoms. The van der Waals surface area contributed by atoms with Crippen LogP contribution < -0.4 is 10.6 Å². The van der Waals surface area contributed by atoms with E-state index < -0.39 is 0 Å². The second-order valence-electron chi connectivity index (χ2n) is 5.65. The van der Waals surface area contributed by atoms with Crippen molar-refractivity contribution in [1.82, 2.24) is 9.55 Å². The molecule has 1 aliphatic heterocycles. The van der Waals surface area contributed by atoms with Crippen LogP contribution in [-0.4, -0.2) is 48.0 Å². The van der Waals surface area contributed by atoms with Crippen molar-refractivity contribution in [1.29, 1.82) is 0 Å². The SMILES string of the molecule is CC(C)COCC1O[C@H](n2ccc(N(C)C)nc2=O)CS1. The average Bonchev–Trinajstić information content (AvgIpc) is 2.86. The van der Waals surface area contributed by atoms with Crippen LogP contribution in [0.2, 0.25) is 0 Å². The molecule has 0 aliphatic carbocycles. The molecule has 1 fully saturated rings. The van der Waals surface area contributed by atoms with E-state index in [-0.39, 0.29) is 17.4 Å². The highest BCUT2D eigenvalue weighted by Gasteiger charge is 2.28. The molecule has 0 bridgehead atoms. The van der Waals surface area contributed by atoms with Crippen molar-refractivity contribution >= 4 is 17.6 Å². The molecule has 118 valence electrons. The molecule has 1 unspecified atom stereocenters. The van der Waals surface area contributed by atoms with Crippen LogP contribution in [0.25, 0.3) is 0 Å². The molecule has 1 aliphatic rings. The topological polar surface area (TPSA) is 56.6 Å². The van der Waals surface area contributed by atoms with Gasteiger partial charge >= 0.3 is 5.69 Å². The summed E-state index contributed by atoms with van der Waals surface area (Å²) in [5, 5.41) is 0. The van der Waals surface area contributed by atoms with E-state index in [1.165, 1.54) is 0 Å². The highest BCUT2D eigenvalue weighted by atomic mass is 32.2. The molecular weight excluding hydrogens is 290 g/mol. The highest BCUT2D eigenvalue weighted by molar-refractivity contribution is 8.00. The molecule has 1 aromatic rings. The van der Waals surface area contributed by atoms with E-state index in [0.29, 0.717) is 18.3 Å². The molecule has 0 radical (unpaired) electrons. The maximum absolute atomic E-state index is 12.0. The van der Waals surface area contributed by atoms with Crippen LogP contribution in [0.5, 0.6) is 0 Å². The molecule has 21 heavy (non-hydrogen) atoms. The first-order valence-electron chi connectivity index (χ1n) is 7.08. The van der Waals surface area contributed by atoms with E-state index in [4.69, 9.17) is 9.47 Å². The summed E-state index contributed by atoms with van der Waals surface area (Å²) < 4.78 is 13.0. The quantitative estimate of drug-likeness (QED) is 0.794. The van der Waals surface area contributed by atoms with Gasteiger partial charge in [-0.1, -0.05) is 13.8 Å². The molecule has 2 heterocycles. The Bertz CT molecular complexity index is 518. The maximum Gasteiger partial charge on any atom is 0.351 e. The molecule has 0 saturated carbocycles. The van der Waals surface area contributed by atoms with Crippen molar-refractivity contribution in [3.8, 4) is 0 Å². The van der Waals surface area contributed by atoms with Crippen LogP contribution >= 0.6 is 11.8 Å².